The first kappa shape index (κ1) is 10.5. The van der Waals surface area contributed by atoms with Gasteiger partial charge in [-0.1, -0.05) is 0 Å². The molecule has 0 bridgehead atoms. The van der Waals surface area contributed by atoms with Crippen molar-refractivity contribution < 1.29 is 13.2 Å². The van der Waals surface area contributed by atoms with E-state index in [2.05, 4.69) is 26.7 Å². The van der Waals surface area contributed by atoms with Gasteiger partial charge in [0.15, 0.2) is 9.84 Å². The predicted octanol–water partition coefficient (Wildman–Crippen LogP) is -0.401. The SMILES string of the molecule is O=C(C#CBr)N1CCS(=O)(=O)CC1. The third-order valence-electron chi connectivity index (χ3n) is 1.79. The van der Waals surface area contributed by atoms with E-state index >= 15 is 0 Å². The average Bonchev–Trinajstić information content (AvgIpc) is 2.04. The van der Waals surface area contributed by atoms with Crippen molar-refractivity contribution in [2.45, 2.75) is 0 Å². The molecule has 0 aromatic heterocycles. The monoisotopic (exact) mass is 265 g/mol. The third kappa shape index (κ3) is 3.01. The molecule has 0 unspecified atom stereocenters. The van der Waals surface area contributed by atoms with Crippen LogP contribution in [0.3, 0.4) is 0 Å². The van der Waals surface area contributed by atoms with E-state index in [1.807, 2.05) is 0 Å². The largest absolute Gasteiger partial charge is 0.330 e. The second-order valence-corrected chi connectivity index (χ2v) is 5.36. The number of rotatable bonds is 0. The average molecular weight is 266 g/mol. The lowest BCUT2D eigenvalue weighted by Gasteiger charge is -2.24. The van der Waals surface area contributed by atoms with Crippen molar-refractivity contribution in [1.82, 2.24) is 4.90 Å². The van der Waals surface area contributed by atoms with Crippen LogP contribution in [0, 0.1) is 10.8 Å². The molecule has 1 heterocycles. The van der Waals surface area contributed by atoms with E-state index < -0.39 is 9.84 Å². The van der Waals surface area contributed by atoms with Crippen molar-refractivity contribution in [3.8, 4) is 10.8 Å². The Morgan fingerprint density at radius 2 is 1.85 bits per heavy atom. The molecule has 1 saturated heterocycles. The Hall–Kier alpha value is -0.540. The second kappa shape index (κ2) is 4.11. The predicted molar refractivity (Wildman–Crippen MR) is 51.9 cm³/mol. The van der Waals surface area contributed by atoms with Gasteiger partial charge in [0, 0.05) is 34.9 Å². The molecule has 0 radical (unpaired) electrons. The van der Waals surface area contributed by atoms with Crippen LogP contribution in [0.5, 0.6) is 0 Å². The molecular formula is C7H8BrNO3S. The lowest BCUT2D eigenvalue weighted by atomic mass is 10.4. The molecule has 4 nitrogen and oxygen atoms in total. The molecular weight excluding hydrogens is 258 g/mol. The second-order valence-electron chi connectivity index (χ2n) is 2.66. The molecule has 6 heteroatoms. The highest BCUT2D eigenvalue weighted by Gasteiger charge is 2.23. The van der Waals surface area contributed by atoms with Crippen LogP contribution in [0.1, 0.15) is 0 Å². The highest BCUT2D eigenvalue weighted by atomic mass is 79.9. The van der Waals surface area contributed by atoms with E-state index in [1.165, 1.54) is 4.90 Å². The highest BCUT2D eigenvalue weighted by molar-refractivity contribution is 9.12. The molecule has 1 fully saturated rings. The number of carbonyl (C=O) groups is 1. The van der Waals surface area contributed by atoms with Gasteiger partial charge >= 0.3 is 0 Å². The van der Waals surface area contributed by atoms with Gasteiger partial charge in [0.25, 0.3) is 5.91 Å². The van der Waals surface area contributed by atoms with Crippen molar-refractivity contribution in [2.75, 3.05) is 24.6 Å². The lowest BCUT2D eigenvalue weighted by molar-refractivity contribution is -0.124. The van der Waals surface area contributed by atoms with E-state index in [1.54, 1.807) is 0 Å². The Balaban J connectivity index is 2.58. The summed E-state index contributed by atoms with van der Waals surface area (Å²) in [5.41, 5.74) is 0. The normalized spacial score (nSPS) is 20.2. The summed E-state index contributed by atoms with van der Waals surface area (Å²) in [5.74, 6) is 2.06. The van der Waals surface area contributed by atoms with Crippen LogP contribution in [-0.4, -0.2) is 43.8 Å². The van der Waals surface area contributed by atoms with Crippen molar-refractivity contribution in [1.29, 1.82) is 0 Å². The first-order valence-corrected chi connectivity index (χ1v) is 6.27. The smallest absolute Gasteiger partial charge is 0.299 e. The molecule has 0 saturated carbocycles. The molecule has 0 spiro atoms. The van der Waals surface area contributed by atoms with Crippen LogP contribution in [-0.2, 0) is 14.6 Å². The molecule has 13 heavy (non-hydrogen) atoms. The number of hydrogen-bond acceptors (Lipinski definition) is 3. The number of hydrogen-bond donors (Lipinski definition) is 0. The molecule has 1 aliphatic rings. The number of sulfone groups is 1. The minimum absolute atomic E-state index is 0.0444. The first-order chi connectivity index (χ1) is 6.05. The van der Waals surface area contributed by atoms with E-state index in [9.17, 15) is 13.2 Å². The lowest BCUT2D eigenvalue weighted by Crippen LogP contribution is -2.43. The van der Waals surface area contributed by atoms with Gasteiger partial charge in [0.1, 0.15) is 0 Å². The van der Waals surface area contributed by atoms with Crippen LogP contribution in [0.4, 0.5) is 0 Å². The van der Waals surface area contributed by atoms with Crippen LogP contribution >= 0.6 is 15.9 Å². The van der Waals surface area contributed by atoms with Crippen molar-refractivity contribution >= 4 is 31.7 Å². The third-order valence-corrected chi connectivity index (χ3v) is 3.59. The molecule has 0 atom stereocenters. The summed E-state index contributed by atoms with van der Waals surface area (Å²) >= 11 is 2.81. The molecule has 1 rings (SSSR count). The van der Waals surface area contributed by atoms with Gasteiger partial charge in [-0.2, -0.15) is 0 Å². The van der Waals surface area contributed by atoms with Crippen LogP contribution < -0.4 is 0 Å². The van der Waals surface area contributed by atoms with E-state index in [-0.39, 0.29) is 30.5 Å². The van der Waals surface area contributed by atoms with Crippen molar-refractivity contribution in [3.05, 3.63) is 0 Å². The van der Waals surface area contributed by atoms with Gasteiger partial charge in [0.2, 0.25) is 0 Å². The Labute approximate surface area is 85.3 Å². The maximum atomic E-state index is 11.1. The quantitative estimate of drug-likeness (QED) is 0.560. The van der Waals surface area contributed by atoms with Gasteiger partial charge in [-0.05, 0) is 4.83 Å². The molecule has 0 N–H and O–H groups in total. The fraction of sp³-hybridized carbons (Fsp3) is 0.571. The molecule has 1 amide bonds. The summed E-state index contributed by atoms with van der Waals surface area (Å²) in [6.07, 6.45) is 0. The molecule has 1 aliphatic heterocycles. The number of nitrogens with zero attached hydrogens (tertiary/aromatic N) is 1. The Kier molecular flexibility index (Phi) is 3.33. The van der Waals surface area contributed by atoms with E-state index in [0.29, 0.717) is 0 Å². The van der Waals surface area contributed by atoms with Gasteiger partial charge in [-0.25, -0.2) is 8.42 Å². The van der Waals surface area contributed by atoms with Crippen molar-refractivity contribution in [2.24, 2.45) is 0 Å². The summed E-state index contributed by atoms with van der Waals surface area (Å²) in [4.78, 5) is 14.9. The van der Waals surface area contributed by atoms with Gasteiger partial charge in [-0.15, -0.1) is 0 Å². The van der Waals surface area contributed by atoms with E-state index in [0.717, 1.165) is 0 Å². The van der Waals surface area contributed by atoms with Gasteiger partial charge in [-0.3, -0.25) is 4.79 Å². The Bertz CT molecular complexity index is 351. The number of carbonyl (C=O) groups excluding carboxylic acids is 1. The van der Waals surface area contributed by atoms with Crippen LogP contribution in [0.25, 0.3) is 0 Å². The Morgan fingerprint density at radius 1 is 1.31 bits per heavy atom. The number of amides is 1. The zero-order valence-corrected chi connectivity index (χ0v) is 9.19. The zero-order chi connectivity index (χ0) is 9.90. The van der Waals surface area contributed by atoms with E-state index in [4.69, 9.17) is 0 Å². The fourth-order valence-corrected chi connectivity index (χ4v) is 2.41. The zero-order valence-electron chi connectivity index (χ0n) is 6.79. The molecule has 72 valence electrons. The fourth-order valence-electron chi connectivity index (χ4n) is 1.03. The first-order valence-electron chi connectivity index (χ1n) is 3.66. The van der Waals surface area contributed by atoms with Gasteiger partial charge < -0.3 is 4.90 Å². The topological polar surface area (TPSA) is 54.5 Å². The minimum atomic E-state index is -2.92. The van der Waals surface area contributed by atoms with Gasteiger partial charge in [0.05, 0.1) is 11.5 Å². The standard InChI is InChI=1S/C7H8BrNO3S/c8-2-1-7(10)9-3-5-13(11,12)6-4-9/h3-6H2. The van der Waals surface area contributed by atoms with Crippen LogP contribution in [0.15, 0.2) is 0 Å². The summed E-state index contributed by atoms with van der Waals surface area (Å²) in [7, 11) is -2.92. The summed E-state index contributed by atoms with van der Waals surface area (Å²) < 4.78 is 22.0. The van der Waals surface area contributed by atoms with Crippen molar-refractivity contribution in [3.63, 3.8) is 0 Å². The Morgan fingerprint density at radius 3 is 2.31 bits per heavy atom. The highest BCUT2D eigenvalue weighted by Crippen LogP contribution is 2.03. The molecule has 0 aromatic rings. The molecule has 0 aliphatic carbocycles. The van der Waals surface area contributed by atoms with Crippen LogP contribution in [0.2, 0.25) is 0 Å². The summed E-state index contributed by atoms with van der Waals surface area (Å²) in [6.45, 7) is 0.506. The number of halogens is 1. The maximum Gasteiger partial charge on any atom is 0.299 e. The molecule has 0 aromatic carbocycles. The summed E-state index contributed by atoms with van der Waals surface area (Å²) in [5, 5.41) is 0. The maximum absolute atomic E-state index is 11.1. The summed E-state index contributed by atoms with van der Waals surface area (Å²) in [6, 6.07) is 0. The minimum Gasteiger partial charge on any atom is -0.330 e.